The molecule has 6 nitrogen and oxygen atoms in total. The summed E-state index contributed by atoms with van der Waals surface area (Å²) in [7, 11) is 0. The summed E-state index contributed by atoms with van der Waals surface area (Å²) < 4.78 is 10.7. The minimum absolute atomic E-state index is 0.239. The maximum absolute atomic E-state index is 5.82. The summed E-state index contributed by atoms with van der Waals surface area (Å²) in [5.74, 6) is 1.38. The van der Waals surface area contributed by atoms with Crippen LogP contribution in [0.25, 0.3) is 22.6 Å². The number of hydrogen-bond acceptors (Lipinski definition) is 6. The smallest absolute Gasteiger partial charge is 0.243 e. The van der Waals surface area contributed by atoms with E-state index in [1.807, 2.05) is 19.1 Å². The second kappa shape index (κ2) is 4.23. The van der Waals surface area contributed by atoms with Crippen molar-refractivity contribution in [2.75, 3.05) is 0 Å². The zero-order chi connectivity index (χ0) is 12.5. The molecule has 1 unspecified atom stereocenters. The van der Waals surface area contributed by atoms with Gasteiger partial charge in [0.15, 0.2) is 11.3 Å². The average molecular weight is 244 g/mol. The molecule has 3 aromatic heterocycles. The minimum atomic E-state index is -0.239. The molecule has 1 atom stereocenters. The summed E-state index contributed by atoms with van der Waals surface area (Å²) in [5.41, 5.74) is 6.52. The molecule has 0 aliphatic carbocycles. The molecule has 6 heteroatoms. The highest BCUT2D eigenvalue weighted by Crippen LogP contribution is 2.25. The number of furan rings is 1. The van der Waals surface area contributed by atoms with Crippen LogP contribution in [0.5, 0.6) is 0 Å². The maximum Gasteiger partial charge on any atom is 0.243 e. The van der Waals surface area contributed by atoms with E-state index in [2.05, 4.69) is 15.1 Å². The largest absolute Gasteiger partial charge is 0.451 e. The molecule has 0 fully saturated rings. The van der Waals surface area contributed by atoms with Gasteiger partial charge in [-0.1, -0.05) is 12.1 Å². The molecule has 0 radical (unpaired) electrons. The standard InChI is InChI=1S/C12H12N4O2/c1-2-8(13)12-15-11(16-18-12)9-5-7-3-4-14-6-10(7)17-9/h3-6,8H,2,13H2,1H3. The summed E-state index contributed by atoms with van der Waals surface area (Å²) in [6, 6.07) is 3.47. The lowest BCUT2D eigenvalue weighted by Crippen LogP contribution is -2.08. The summed E-state index contributed by atoms with van der Waals surface area (Å²) in [6.07, 6.45) is 4.10. The molecule has 2 N–H and O–H groups in total. The molecular weight excluding hydrogens is 232 g/mol. The van der Waals surface area contributed by atoms with Crippen LogP contribution in [0.3, 0.4) is 0 Å². The van der Waals surface area contributed by atoms with Gasteiger partial charge in [0, 0.05) is 11.6 Å². The SMILES string of the molecule is CCC(N)c1nc(-c2cc3ccncc3o2)no1. The van der Waals surface area contributed by atoms with E-state index in [1.165, 1.54) is 0 Å². The van der Waals surface area contributed by atoms with Crippen molar-refractivity contribution < 1.29 is 8.94 Å². The van der Waals surface area contributed by atoms with Crippen LogP contribution in [0.4, 0.5) is 0 Å². The lowest BCUT2D eigenvalue weighted by atomic mass is 10.2. The highest BCUT2D eigenvalue weighted by Gasteiger charge is 2.16. The van der Waals surface area contributed by atoms with E-state index < -0.39 is 0 Å². The van der Waals surface area contributed by atoms with Crippen LogP contribution in [-0.4, -0.2) is 15.1 Å². The molecule has 18 heavy (non-hydrogen) atoms. The van der Waals surface area contributed by atoms with E-state index in [1.54, 1.807) is 12.4 Å². The number of fused-ring (bicyclic) bond motifs is 1. The van der Waals surface area contributed by atoms with Crippen LogP contribution < -0.4 is 5.73 Å². The number of aromatic nitrogens is 3. The van der Waals surface area contributed by atoms with Gasteiger partial charge in [-0.2, -0.15) is 4.98 Å². The molecule has 0 bridgehead atoms. The van der Waals surface area contributed by atoms with Gasteiger partial charge in [-0.3, -0.25) is 4.98 Å². The Morgan fingerprint density at radius 2 is 2.33 bits per heavy atom. The van der Waals surface area contributed by atoms with E-state index in [-0.39, 0.29) is 6.04 Å². The predicted octanol–water partition coefficient (Wildman–Crippen LogP) is 2.29. The first-order chi connectivity index (χ1) is 8.78. The fourth-order valence-electron chi connectivity index (χ4n) is 1.66. The number of nitrogens with zero attached hydrogens (tertiary/aromatic N) is 3. The maximum atomic E-state index is 5.82. The molecule has 0 aliphatic rings. The van der Waals surface area contributed by atoms with Gasteiger partial charge in [0.2, 0.25) is 11.7 Å². The first-order valence-corrected chi connectivity index (χ1v) is 5.71. The summed E-state index contributed by atoms with van der Waals surface area (Å²) in [4.78, 5) is 8.22. The fraction of sp³-hybridized carbons (Fsp3) is 0.250. The summed E-state index contributed by atoms with van der Waals surface area (Å²) in [6.45, 7) is 1.96. The van der Waals surface area contributed by atoms with Gasteiger partial charge in [0.1, 0.15) is 0 Å². The topological polar surface area (TPSA) is 91.0 Å². The van der Waals surface area contributed by atoms with E-state index in [9.17, 15) is 0 Å². The first kappa shape index (κ1) is 10.9. The molecule has 0 aliphatic heterocycles. The van der Waals surface area contributed by atoms with Crippen LogP contribution in [0, 0.1) is 0 Å². The molecular formula is C12H12N4O2. The van der Waals surface area contributed by atoms with Crippen molar-refractivity contribution in [2.45, 2.75) is 19.4 Å². The highest BCUT2D eigenvalue weighted by atomic mass is 16.5. The van der Waals surface area contributed by atoms with E-state index in [4.69, 9.17) is 14.7 Å². The molecule has 0 aromatic carbocycles. The van der Waals surface area contributed by atoms with Crippen molar-refractivity contribution in [1.29, 1.82) is 0 Å². The Labute approximate surface area is 103 Å². The molecule has 0 saturated heterocycles. The average Bonchev–Trinajstić information content (AvgIpc) is 3.03. The third-order valence-electron chi connectivity index (χ3n) is 2.74. The molecule has 0 amide bonds. The number of pyridine rings is 1. The Morgan fingerprint density at radius 3 is 3.11 bits per heavy atom. The number of nitrogens with two attached hydrogens (primary N) is 1. The van der Waals surface area contributed by atoms with Gasteiger partial charge in [-0.25, -0.2) is 0 Å². The van der Waals surface area contributed by atoms with Crippen molar-refractivity contribution in [3.05, 3.63) is 30.4 Å². The molecule has 92 valence electrons. The van der Waals surface area contributed by atoms with Crippen molar-refractivity contribution in [3.63, 3.8) is 0 Å². The minimum Gasteiger partial charge on any atom is -0.451 e. The van der Waals surface area contributed by atoms with Gasteiger partial charge in [-0.05, 0) is 18.6 Å². The Morgan fingerprint density at radius 1 is 1.44 bits per heavy atom. The lowest BCUT2D eigenvalue weighted by molar-refractivity contribution is 0.352. The monoisotopic (exact) mass is 244 g/mol. The molecule has 3 rings (SSSR count). The normalized spacial score (nSPS) is 13.0. The Balaban J connectivity index is 2.01. The van der Waals surface area contributed by atoms with Gasteiger partial charge in [0.25, 0.3) is 0 Å². The van der Waals surface area contributed by atoms with Crippen molar-refractivity contribution in [2.24, 2.45) is 5.73 Å². The second-order valence-corrected chi connectivity index (χ2v) is 4.00. The summed E-state index contributed by atoms with van der Waals surface area (Å²) in [5, 5.41) is 4.82. The van der Waals surface area contributed by atoms with Crippen LogP contribution >= 0.6 is 0 Å². The Kier molecular flexibility index (Phi) is 2.56. The third-order valence-corrected chi connectivity index (χ3v) is 2.74. The zero-order valence-corrected chi connectivity index (χ0v) is 9.83. The quantitative estimate of drug-likeness (QED) is 0.760. The van der Waals surface area contributed by atoms with Crippen LogP contribution in [-0.2, 0) is 0 Å². The number of rotatable bonds is 3. The van der Waals surface area contributed by atoms with Gasteiger partial charge >= 0.3 is 0 Å². The van der Waals surface area contributed by atoms with Crippen molar-refractivity contribution >= 4 is 11.0 Å². The third kappa shape index (κ3) is 1.76. The highest BCUT2D eigenvalue weighted by molar-refractivity contribution is 5.80. The van der Waals surface area contributed by atoms with Crippen molar-refractivity contribution in [3.8, 4) is 11.6 Å². The van der Waals surface area contributed by atoms with Crippen LogP contribution in [0.2, 0.25) is 0 Å². The molecule has 3 heterocycles. The lowest BCUT2D eigenvalue weighted by Gasteiger charge is -1.98. The van der Waals surface area contributed by atoms with E-state index in [0.29, 0.717) is 23.1 Å². The predicted molar refractivity (Wildman–Crippen MR) is 64.5 cm³/mol. The van der Waals surface area contributed by atoms with Gasteiger partial charge in [-0.15, -0.1) is 0 Å². The molecule has 0 spiro atoms. The molecule has 0 saturated carbocycles. The second-order valence-electron chi connectivity index (χ2n) is 4.00. The first-order valence-electron chi connectivity index (χ1n) is 5.71. The fourth-order valence-corrected chi connectivity index (χ4v) is 1.66. The summed E-state index contributed by atoms with van der Waals surface area (Å²) >= 11 is 0. The van der Waals surface area contributed by atoms with Gasteiger partial charge < -0.3 is 14.7 Å². The van der Waals surface area contributed by atoms with Gasteiger partial charge in [0.05, 0.1) is 12.2 Å². The molecule has 3 aromatic rings. The van der Waals surface area contributed by atoms with Crippen LogP contribution in [0.1, 0.15) is 25.3 Å². The Bertz CT molecular complexity index is 640. The number of hydrogen-bond donors (Lipinski definition) is 1. The zero-order valence-electron chi connectivity index (χ0n) is 9.83. The van der Waals surface area contributed by atoms with Crippen molar-refractivity contribution in [1.82, 2.24) is 15.1 Å². The Hall–Kier alpha value is -2.21. The van der Waals surface area contributed by atoms with Crippen LogP contribution in [0.15, 0.2) is 33.5 Å². The van der Waals surface area contributed by atoms with E-state index in [0.717, 1.165) is 11.8 Å². The van der Waals surface area contributed by atoms with E-state index >= 15 is 0 Å².